The molecule has 0 bridgehead atoms. The first kappa shape index (κ1) is 18.9. The number of carboxylic acid groups (broad SMARTS) is 2. The standard InChI is InChI=1S/C16H30O4/c17-15(18)13-11-9-7-5-3-1-2-4-6-8-10-12-14-16(19)20/h1-14H2,(H,17,18)(H,19,20)/p-2. The zero-order valence-electron chi connectivity index (χ0n) is 12.5. The Morgan fingerprint density at radius 1 is 0.450 bits per heavy atom. The molecule has 0 aliphatic carbocycles. The molecule has 4 nitrogen and oxygen atoms in total. The van der Waals surface area contributed by atoms with E-state index in [2.05, 4.69) is 0 Å². The molecular weight excluding hydrogens is 256 g/mol. The lowest BCUT2D eigenvalue weighted by Crippen LogP contribution is -2.21. The van der Waals surface area contributed by atoms with Gasteiger partial charge in [-0.2, -0.15) is 0 Å². The van der Waals surface area contributed by atoms with E-state index in [1.54, 1.807) is 0 Å². The Morgan fingerprint density at radius 3 is 0.850 bits per heavy atom. The second-order valence-corrected chi connectivity index (χ2v) is 5.49. The van der Waals surface area contributed by atoms with Crippen molar-refractivity contribution < 1.29 is 19.8 Å². The summed E-state index contributed by atoms with van der Waals surface area (Å²) in [4.78, 5) is 20.4. The summed E-state index contributed by atoms with van der Waals surface area (Å²) < 4.78 is 0. The molecule has 0 radical (unpaired) electrons. The van der Waals surface area contributed by atoms with Gasteiger partial charge in [0.05, 0.1) is 0 Å². The van der Waals surface area contributed by atoms with Gasteiger partial charge in [-0.25, -0.2) is 0 Å². The average Bonchev–Trinajstić information content (AvgIpc) is 2.38. The van der Waals surface area contributed by atoms with Gasteiger partial charge in [0, 0.05) is 11.9 Å². The van der Waals surface area contributed by atoms with Gasteiger partial charge in [-0.05, 0) is 25.7 Å². The molecule has 0 heterocycles. The highest BCUT2D eigenvalue weighted by atomic mass is 16.4. The second kappa shape index (κ2) is 14.4. The van der Waals surface area contributed by atoms with E-state index in [4.69, 9.17) is 0 Å². The number of carbonyl (C=O) groups is 2. The van der Waals surface area contributed by atoms with E-state index in [1.807, 2.05) is 0 Å². The molecule has 118 valence electrons. The van der Waals surface area contributed by atoms with Crippen molar-refractivity contribution in [2.45, 2.75) is 89.9 Å². The van der Waals surface area contributed by atoms with Gasteiger partial charge in [0.15, 0.2) is 0 Å². The summed E-state index contributed by atoms with van der Waals surface area (Å²) in [7, 11) is 0. The first-order valence-corrected chi connectivity index (χ1v) is 8.02. The molecule has 4 heteroatoms. The molecule has 0 aromatic heterocycles. The van der Waals surface area contributed by atoms with E-state index >= 15 is 0 Å². The molecule has 20 heavy (non-hydrogen) atoms. The number of hydrogen-bond donors (Lipinski definition) is 0. The van der Waals surface area contributed by atoms with Crippen molar-refractivity contribution in [2.75, 3.05) is 0 Å². The maximum atomic E-state index is 10.2. The maximum absolute atomic E-state index is 10.2. The van der Waals surface area contributed by atoms with Crippen molar-refractivity contribution in [2.24, 2.45) is 0 Å². The van der Waals surface area contributed by atoms with Crippen LogP contribution < -0.4 is 10.2 Å². The van der Waals surface area contributed by atoms with E-state index in [-0.39, 0.29) is 12.8 Å². The van der Waals surface area contributed by atoms with Crippen molar-refractivity contribution in [1.29, 1.82) is 0 Å². The summed E-state index contributed by atoms with van der Waals surface area (Å²) >= 11 is 0. The number of aliphatic carboxylic acids is 2. The second-order valence-electron chi connectivity index (χ2n) is 5.49. The smallest absolute Gasteiger partial charge is 0.0414 e. The molecule has 0 aromatic rings. The summed E-state index contributed by atoms with van der Waals surface area (Å²) in [5.74, 6) is -1.88. The van der Waals surface area contributed by atoms with E-state index < -0.39 is 11.9 Å². The lowest BCUT2D eigenvalue weighted by Gasteiger charge is -2.04. The van der Waals surface area contributed by atoms with Crippen LogP contribution >= 0.6 is 0 Å². The van der Waals surface area contributed by atoms with Gasteiger partial charge in [0.25, 0.3) is 0 Å². The van der Waals surface area contributed by atoms with Crippen LogP contribution in [0.4, 0.5) is 0 Å². The van der Waals surface area contributed by atoms with Crippen LogP contribution in [-0.4, -0.2) is 11.9 Å². The van der Waals surface area contributed by atoms with Crippen molar-refractivity contribution in [1.82, 2.24) is 0 Å². The van der Waals surface area contributed by atoms with Crippen LogP contribution in [0.3, 0.4) is 0 Å². The molecule has 0 saturated carbocycles. The average molecular weight is 284 g/mol. The fourth-order valence-electron chi connectivity index (χ4n) is 2.31. The SMILES string of the molecule is O=C([O-])CCCCCCCCCCCCCCC(=O)[O-]. The minimum absolute atomic E-state index is 0.192. The molecule has 0 atom stereocenters. The number of hydrogen-bond acceptors (Lipinski definition) is 4. The summed E-state index contributed by atoms with van der Waals surface area (Å²) in [6.45, 7) is 0. The Morgan fingerprint density at radius 2 is 0.650 bits per heavy atom. The molecule has 0 spiro atoms. The van der Waals surface area contributed by atoms with Crippen LogP contribution in [0.1, 0.15) is 89.9 Å². The Bertz CT molecular complexity index is 225. The Kier molecular flexibility index (Phi) is 13.6. The number of rotatable bonds is 15. The summed E-state index contributed by atoms with van der Waals surface area (Å²) in [6.07, 6.45) is 13.5. The summed E-state index contributed by atoms with van der Waals surface area (Å²) in [5, 5.41) is 20.4. The lowest BCUT2D eigenvalue weighted by atomic mass is 10.0. The van der Waals surface area contributed by atoms with E-state index in [1.165, 1.54) is 38.5 Å². The van der Waals surface area contributed by atoms with Crippen LogP contribution in [-0.2, 0) is 9.59 Å². The Balaban J connectivity index is 2.99. The highest BCUT2D eigenvalue weighted by Crippen LogP contribution is 2.12. The lowest BCUT2D eigenvalue weighted by molar-refractivity contribution is -0.307. The van der Waals surface area contributed by atoms with Crippen LogP contribution in [0.15, 0.2) is 0 Å². The molecule has 0 rings (SSSR count). The monoisotopic (exact) mass is 284 g/mol. The van der Waals surface area contributed by atoms with Gasteiger partial charge in [0.1, 0.15) is 0 Å². The van der Waals surface area contributed by atoms with Crippen molar-refractivity contribution in [3.8, 4) is 0 Å². The van der Waals surface area contributed by atoms with Gasteiger partial charge in [0.2, 0.25) is 0 Å². The van der Waals surface area contributed by atoms with Crippen molar-refractivity contribution in [3.05, 3.63) is 0 Å². The summed E-state index contributed by atoms with van der Waals surface area (Å²) in [6, 6.07) is 0. The van der Waals surface area contributed by atoms with Crippen LogP contribution in [0.2, 0.25) is 0 Å². The number of carbonyl (C=O) groups excluding carboxylic acids is 2. The van der Waals surface area contributed by atoms with Crippen molar-refractivity contribution in [3.63, 3.8) is 0 Å². The largest absolute Gasteiger partial charge is 0.550 e. The molecule has 0 N–H and O–H groups in total. The highest BCUT2D eigenvalue weighted by molar-refractivity contribution is 5.64. The third kappa shape index (κ3) is 16.9. The molecular formula is C16H28O4-2. The molecule has 0 aliphatic rings. The number of carboxylic acids is 2. The minimum atomic E-state index is -0.940. The predicted molar refractivity (Wildman–Crippen MR) is 74.7 cm³/mol. The third-order valence-corrected chi connectivity index (χ3v) is 3.51. The molecule has 0 amide bonds. The van der Waals surface area contributed by atoms with E-state index in [0.29, 0.717) is 0 Å². The topological polar surface area (TPSA) is 80.3 Å². The highest BCUT2D eigenvalue weighted by Gasteiger charge is 1.94. The fourth-order valence-corrected chi connectivity index (χ4v) is 2.31. The van der Waals surface area contributed by atoms with E-state index in [9.17, 15) is 19.8 Å². The summed E-state index contributed by atoms with van der Waals surface area (Å²) in [5.41, 5.74) is 0. The molecule has 0 aromatic carbocycles. The number of unbranched alkanes of at least 4 members (excludes halogenated alkanes) is 11. The van der Waals surface area contributed by atoms with E-state index in [0.717, 1.165) is 38.5 Å². The first-order valence-electron chi connectivity index (χ1n) is 8.02. The minimum Gasteiger partial charge on any atom is -0.550 e. The van der Waals surface area contributed by atoms with Gasteiger partial charge >= 0.3 is 0 Å². The first-order chi connectivity index (χ1) is 9.63. The fraction of sp³-hybridized carbons (Fsp3) is 0.875. The van der Waals surface area contributed by atoms with Gasteiger partial charge in [-0.1, -0.05) is 64.2 Å². The van der Waals surface area contributed by atoms with Crippen LogP contribution in [0.25, 0.3) is 0 Å². The maximum Gasteiger partial charge on any atom is 0.0414 e. The molecule has 0 saturated heterocycles. The quantitative estimate of drug-likeness (QED) is 0.430. The van der Waals surface area contributed by atoms with Gasteiger partial charge < -0.3 is 19.8 Å². The predicted octanol–water partition coefficient (Wildman–Crippen LogP) is 1.95. The molecule has 0 unspecified atom stereocenters. The van der Waals surface area contributed by atoms with Crippen LogP contribution in [0, 0.1) is 0 Å². The van der Waals surface area contributed by atoms with Crippen molar-refractivity contribution >= 4 is 11.9 Å². The zero-order chi connectivity index (χ0) is 15.1. The van der Waals surface area contributed by atoms with Gasteiger partial charge in [-0.3, -0.25) is 0 Å². The third-order valence-electron chi connectivity index (χ3n) is 3.51. The van der Waals surface area contributed by atoms with Crippen LogP contribution in [0.5, 0.6) is 0 Å². The molecule has 0 aliphatic heterocycles. The Hall–Kier alpha value is -1.06. The molecule has 0 fully saturated rings. The zero-order valence-corrected chi connectivity index (χ0v) is 12.5. The Labute approximate surface area is 122 Å². The van der Waals surface area contributed by atoms with Gasteiger partial charge in [-0.15, -0.1) is 0 Å². The normalized spacial score (nSPS) is 10.6.